The number of nitrogens with zero attached hydrogens (tertiary/aromatic N) is 2. The van der Waals surface area contributed by atoms with Gasteiger partial charge >= 0.3 is 0 Å². The number of piperazine rings is 1. The number of hydrogen-bond acceptors (Lipinski definition) is 4. The highest BCUT2D eigenvalue weighted by molar-refractivity contribution is 6.08. The van der Waals surface area contributed by atoms with Gasteiger partial charge in [-0.25, -0.2) is 0 Å². The predicted molar refractivity (Wildman–Crippen MR) is 119 cm³/mol. The molecule has 0 aliphatic carbocycles. The molecule has 1 aliphatic heterocycles. The molecule has 0 unspecified atom stereocenters. The highest BCUT2D eigenvalue weighted by atomic mass is 16.2. The minimum absolute atomic E-state index is 0.211. The number of carbonyl (C=O) groups is 2. The maximum absolute atomic E-state index is 12.3. The molecule has 1 aliphatic rings. The van der Waals surface area contributed by atoms with Crippen molar-refractivity contribution in [1.29, 1.82) is 0 Å². The van der Waals surface area contributed by atoms with Crippen molar-refractivity contribution in [3.63, 3.8) is 0 Å². The van der Waals surface area contributed by atoms with Crippen LogP contribution in [-0.2, 0) is 16.0 Å². The average molecular weight is 395 g/mol. The summed E-state index contributed by atoms with van der Waals surface area (Å²) in [4.78, 5) is 29.3. The second-order valence-electron chi connectivity index (χ2n) is 7.57. The number of benzene rings is 2. The van der Waals surface area contributed by atoms with Crippen molar-refractivity contribution in [2.24, 2.45) is 0 Å². The first-order valence-corrected chi connectivity index (χ1v) is 10.2. The molecular formula is C23H30N4O2. The van der Waals surface area contributed by atoms with Gasteiger partial charge in [0.05, 0.1) is 0 Å². The average Bonchev–Trinajstić information content (AvgIpc) is 2.70. The fourth-order valence-corrected chi connectivity index (χ4v) is 3.56. The van der Waals surface area contributed by atoms with E-state index in [2.05, 4.69) is 27.5 Å². The second-order valence-corrected chi connectivity index (χ2v) is 7.57. The highest BCUT2D eigenvalue weighted by Gasteiger charge is 2.15. The van der Waals surface area contributed by atoms with Crippen molar-refractivity contribution in [1.82, 2.24) is 4.90 Å². The van der Waals surface area contributed by atoms with Crippen molar-refractivity contribution in [3.8, 4) is 0 Å². The van der Waals surface area contributed by atoms with E-state index < -0.39 is 0 Å². The van der Waals surface area contributed by atoms with Gasteiger partial charge in [0, 0.05) is 43.2 Å². The molecule has 1 fully saturated rings. The third-order valence-corrected chi connectivity index (χ3v) is 5.35. The minimum Gasteiger partial charge on any atom is -0.369 e. The number of hydrogen-bond donors (Lipinski definition) is 2. The van der Waals surface area contributed by atoms with Crippen LogP contribution in [0.15, 0.2) is 42.5 Å². The van der Waals surface area contributed by atoms with E-state index in [1.54, 1.807) is 0 Å². The fourth-order valence-electron chi connectivity index (χ4n) is 3.56. The first-order chi connectivity index (χ1) is 14.0. The minimum atomic E-state index is -0.318. The van der Waals surface area contributed by atoms with E-state index in [1.165, 1.54) is 0 Å². The van der Waals surface area contributed by atoms with Gasteiger partial charge < -0.3 is 20.4 Å². The van der Waals surface area contributed by atoms with E-state index in [9.17, 15) is 9.59 Å². The molecule has 6 nitrogen and oxygen atoms in total. The molecule has 2 amide bonds. The van der Waals surface area contributed by atoms with E-state index in [4.69, 9.17) is 0 Å². The molecule has 6 heteroatoms. The number of amides is 2. The van der Waals surface area contributed by atoms with Crippen LogP contribution in [0.1, 0.15) is 24.5 Å². The summed E-state index contributed by atoms with van der Waals surface area (Å²) in [6.07, 6.45) is 0.612. The number of nitrogens with one attached hydrogen (secondary N) is 2. The smallest absolute Gasteiger partial charge is 0.233 e. The molecule has 1 saturated heterocycles. The van der Waals surface area contributed by atoms with Gasteiger partial charge in [-0.05, 0) is 55.8 Å². The lowest BCUT2D eigenvalue weighted by Gasteiger charge is -2.34. The SMILES string of the molecule is CCc1cccc(C)c1NC(=O)CC(=O)Nc1ccc(N2CCN(C)CC2)cc1. The standard InChI is InChI=1S/C23H30N4O2/c1-4-18-7-5-6-17(2)23(18)25-22(29)16-21(28)24-19-8-10-20(11-9-19)27-14-12-26(3)13-15-27/h5-11H,4,12-16H2,1-3H3,(H,24,28)(H,25,29). The summed E-state index contributed by atoms with van der Waals surface area (Å²) < 4.78 is 0. The maximum atomic E-state index is 12.3. The van der Waals surface area contributed by atoms with Crippen LogP contribution in [0.5, 0.6) is 0 Å². The van der Waals surface area contributed by atoms with Crippen molar-refractivity contribution >= 4 is 28.9 Å². The Morgan fingerprint density at radius 2 is 1.59 bits per heavy atom. The number of likely N-dealkylation sites (N-methyl/N-ethyl adjacent to an activating group) is 1. The van der Waals surface area contributed by atoms with Crippen LogP contribution in [0.3, 0.4) is 0 Å². The Morgan fingerprint density at radius 3 is 2.24 bits per heavy atom. The molecule has 0 saturated carbocycles. The summed E-state index contributed by atoms with van der Waals surface area (Å²) in [6.45, 7) is 8.10. The zero-order valence-electron chi connectivity index (χ0n) is 17.5. The van der Waals surface area contributed by atoms with E-state index in [1.807, 2.05) is 56.3 Å². The number of para-hydroxylation sites is 1. The Balaban J connectivity index is 1.53. The van der Waals surface area contributed by atoms with E-state index in [0.29, 0.717) is 5.69 Å². The van der Waals surface area contributed by atoms with Crippen LogP contribution in [0.4, 0.5) is 17.1 Å². The molecule has 1 heterocycles. The first-order valence-electron chi connectivity index (χ1n) is 10.2. The summed E-state index contributed by atoms with van der Waals surface area (Å²) in [6, 6.07) is 13.7. The molecule has 3 rings (SSSR count). The Kier molecular flexibility index (Phi) is 6.88. The summed E-state index contributed by atoms with van der Waals surface area (Å²) in [5, 5.41) is 5.70. The number of rotatable bonds is 6. The summed E-state index contributed by atoms with van der Waals surface area (Å²) >= 11 is 0. The number of carbonyl (C=O) groups excluding carboxylic acids is 2. The summed E-state index contributed by atoms with van der Waals surface area (Å²) in [5.41, 5.74) is 4.73. The molecule has 0 radical (unpaired) electrons. The first kappa shape index (κ1) is 20.9. The van der Waals surface area contributed by atoms with E-state index in [0.717, 1.165) is 55.1 Å². The van der Waals surface area contributed by atoms with Gasteiger partial charge in [0.25, 0.3) is 0 Å². The van der Waals surface area contributed by atoms with Crippen molar-refractivity contribution in [2.45, 2.75) is 26.7 Å². The molecule has 0 atom stereocenters. The quantitative estimate of drug-likeness (QED) is 0.738. The van der Waals surface area contributed by atoms with Crippen LogP contribution in [-0.4, -0.2) is 49.9 Å². The largest absolute Gasteiger partial charge is 0.369 e. The Morgan fingerprint density at radius 1 is 0.931 bits per heavy atom. The van der Waals surface area contributed by atoms with Crippen molar-refractivity contribution in [2.75, 3.05) is 48.8 Å². The molecule has 2 N–H and O–H groups in total. The number of anilines is 3. The maximum Gasteiger partial charge on any atom is 0.233 e. The molecule has 29 heavy (non-hydrogen) atoms. The summed E-state index contributed by atoms with van der Waals surface area (Å²) in [5.74, 6) is -0.623. The molecule has 154 valence electrons. The van der Waals surface area contributed by atoms with Crippen LogP contribution < -0.4 is 15.5 Å². The third-order valence-electron chi connectivity index (χ3n) is 5.35. The Bertz CT molecular complexity index is 856. The Labute approximate surface area is 172 Å². The van der Waals surface area contributed by atoms with Gasteiger partial charge in [-0.1, -0.05) is 25.1 Å². The number of aryl methyl sites for hydroxylation is 2. The lowest BCUT2D eigenvalue weighted by atomic mass is 10.1. The molecular weight excluding hydrogens is 364 g/mol. The normalized spacial score (nSPS) is 14.5. The van der Waals surface area contributed by atoms with Crippen LogP contribution >= 0.6 is 0 Å². The van der Waals surface area contributed by atoms with E-state index >= 15 is 0 Å². The topological polar surface area (TPSA) is 64.7 Å². The van der Waals surface area contributed by atoms with E-state index in [-0.39, 0.29) is 18.2 Å². The third kappa shape index (κ3) is 5.57. The lowest BCUT2D eigenvalue weighted by molar-refractivity contribution is -0.123. The zero-order valence-corrected chi connectivity index (χ0v) is 17.5. The second kappa shape index (κ2) is 9.56. The monoisotopic (exact) mass is 394 g/mol. The van der Waals surface area contributed by atoms with Gasteiger partial charge in [-0.3, -0.25) is 9.59 Å². The molecule has 0 bridgehead atoms. The molecule has 0 spiro atoms. The summed E-state index contributed by atoms with van der Waals surface area (Å²) in [7, 11) is 2.13. The lowest BCUT2D eigenvalue weighted by Crippen LogP contribution is -2.44. The van der Waals surface area contributed by atoms with Gasteiger partial charge in [0.15, 0.2) is 0 Å². The molecule has 2 aromatic rings. The van der Waals surface area contributed by atoms with Gasteiger partial charge in [-0.2, -0.15) is 0 Å². The zero-order chi connectivity index (χ0) is 20.8. The van der Waals surface area contributed by atoms with Crippen molar-refractivity contribution in [3.05, 3.63) is 53.6 Å². The molecule has 0 aromatic heterocycles. The van der Waals surface area contributed by atoms with Gasteiger partial charge in [-0.15, -0.1) is 0 Å². The Hall–Kier alpha value is -2.86. The van der Waals surface area contributed by atoms with Crippen LogP contribution in [0.25, 0.3) is 0 Å². The van der Waals surface area contributed by atoms with Crippen molar-refractivity contribution < 1.29 is 9.59 Å². The molecule has 2 aromatic carbocycles. The van der Waals surface area contributed by atoms with Crippen LogP contribution in [0.2, 0.25) is 0 Å². The van der Waals surface area contributed by atoms with Gasteiger partial charge in [0.2, 0.25) is 11.8 Å². The fraction of sp³-hybridized carbons (Fsp3) is 0.391. The highest BCUT2D eigenvalue weighted by Crippen LogP contribution is 2.22. The van der Waals surface area contributed by atoms with Gasteiger partial charge in [0.1, 0.15) is 6.42 Å². The predicted octanol–water partition coefficient (Wildman–Crippen LogP) is 3.28. The van der Waals surface area contributed by atoms with Crippen LogP contribution in [0, 0.1) is 6.92 Å².